The summed E-state index contributed by atoms with van der Waals surface area (Å²) in [4.78, 5) is 22.1. The molecule has 2 rings (SSSR count). The molecule has 21 heavy (non-hydrogen) atoms. The third-order valence-corrected chi connectivity index (χ3v) is 3.78. The summed E-state index contributed by atoms with van der Waals surface area (Å²) >= 11 is 0. The van der Waals surface area contributed by atoms with Crippen LogP contribution in [0.2, 0.25) is 0 Å². The number of carbonyl (C=O) groups excluding carboxylic acids is 1. The lowest BCUT2D eigenvalue weighted by Gasteiger charge is -2.33. The summed E-state index contributed by atoms with van der Waals surface area (Å²) < 4.78 is 4.69. The Labute approximate surface area is 125 Å². The number of anilines is 1. The first-order chi connectivity index (χ1) is 10.1. The highest BCUT2D eigenvalue weighted by atomic mass is 16.5. The number of piperidine rings is 1. The van der Waals surface area contributed by atoms with Crippen molar-refractivity contribution in [2.45, 2.75) is 32.7 Å². The SMILES string of the molecule is COC(=O)c1nccc(N(CC2CCCNC2)C(C)C)n1. The van der Waals surface area contributed by atoms with Gasteiger partial charge >= 0.3 is 5.97 Å². The Morgan fingerprint density at radius 2 is 2.38 bits per heavy atom. The zero-order valence-corrected chi connectivity index (χ0v) is 13.0. The Bertz CT molecular complexity index is 472. The molecule has 0 aromatic carbocycles. The molecule has 1 N–H and O–H groups in total. The summed E-state index contributed by atoms with van der Waals surface area (Å²) in [7, 11) is 1.34. The number of hydrogen-bond donors (Lipinski definition) is 1. The molecule has 1 aliphatic heterocycles. The van der Waals surface area contributed by atoms with E-state index < -0.39 is 5.97 Å². The van der Waals surface area contributed by atoms with Crippen LogP contribution in [0.1, 0.15) is 37.3 Å². The number of carbonyl (C=O) groups is 1. The molecule has 0 bridgehead atoms. The molecule has 0 aliphatic carbocycles. The van der Waals surface area contributed by atoms with Crippen molar-refractivity contribution >= 4 is 11.8 Å². The summed E-state index contributed by atoms with van der Waals surface area (Å²) in [6, 6.07) is 2.16. The number of nitrogens with one attached hydrogen (secondary N) is 1. The van der Waals surface area contributed by atoms with Gasteiger partial charge in [-0.05, 0) is 51.8 Å². The van der Waals surface area contributed by atoms with E-state index in [1.165, 1.54) is 20.0 Å². The monoisotopic (exact) mass is 292 g/mol. The summed E-state index contributed by atoms with van der Waals surface area (Å²) in [5.41, 5.74) is 0. The largest absolute Gasteiger partial charge is 0.463 e. The molecule has 1 aliphatic rings. The maximum Gasteiger partial charge on any atom is 0.376 e. The van der Waals surface area contributed by atoms with E-state index in [1.807, 2.05) is 6.07 Å². The molecule has 0 amide bonds. The molecule has 1 unspecified atom stereocenters. The van der Waals surface area contributed by atoms with Crippen molar-refractivity contribution < 1.29 is 9.53 Å². The van der Waals surface area contributed by atoms with Crippen LogP contribution in [0.3, 0.4) is 0 Å². The van der Waals surface area contributed by atoms with E-state index in [1.54, 1.807) is 6.20 Å². The van der Waals surface area contributed by atoms with Crippen molar-refractivity contribution in [3.63, 3.8) is 0 Å². The zero-order valence-electron chi connectivity index (χ0n) is 13.0. The van der Waals surface area contributed by atoms with Gasteiger partial charge < -0.3 is 15.0 Å². The highest BCUT2D eigenvalue weighted by molar-refractivity contribution is 5.85. The van der Waals surface area contributed by atoms with Crippen LogP contribution in [0, 0.1) is 5.92 Å². The molecule has 1 saturated heterocycles. The lowest BCUT2D eigenvalue weighted by Crippen LogP contribution is -2.41. The predicted octanol–water partition coefficient (Wildman–Crippen LogP) is 1.48. The number of esters is 1. The van der Waals surface area contributed by atoms with Gasteiger partial charge in [0.05, 0.1) is 7.11 Å². The Hall–Kier alpha value is -1.69. The maximum atomic E-state index is 11.6. The summed E-state index contributed by atoms with van der Waals surface area (Å²) in [6.07, 6.45) is 4.06. The summed E-state index contributed by atoms with van der Waals surface area (Å²) in [5.74, 6) is 1.01. The lowest BCUT2D eigenvalue weighted by molar-refractivity contribution is 0.0586. The van der Waals surface area contributed by atoms with Gasteiger partial charge in [0.2, 0.25) is 5.82 Å². The summed E-state index contributed by atoms with van der Waals surface area (Å²) in [5, 5.41) is 3.44. The van der Waals surface area contributed by atoms with Crippen molar-refractivity contribution in [2.75, 3.05) is 31.6 Å². The van der Waals surface area contributed by atoms with E-state index in [0.717, 1.165) is 25.5 Å². The molecule has 6 heteroatoms. The van der Waals surface area contributed by atoms with Crippen LogP contribution < -0.4 is 10.2 Å². The van der Waals surface area contributed by atoms with Crippen LogP contribution in [-0.2, 0) is 4.74 Å². The second-order valence-electron chi connectivity index (χ2n) is 5.69. The topological polar surface area (TPSA) is 67.3 Å². The molecule has 6 nitrogen and oxygen atoms in total. The van der Waals surface area contributed by atoms with E-state index >= 15 is 0 Å². The molecular weight excluding hydrogens is 268 g/mol. The molecule has 2 heterocycles. The average Bonchev–Trinajstić information content (AvgIpc) is 2.52. The molecule has 1 aromatic rings. The van der Waals surface area contributed by atoms with E-state index in [2.05, 4.69) is 38.8 Å². The number of aromatic nitrogens is 2. The molecule has 1 aromatic heterocycles. The average molecular weight is 292 g/mol. The van der Waals surface area contributed by atoms with Gasteiger partial charge in [-0.15, -0.1) is 0 Å². The van der Waals surface area contributed by atoms with Crippen molar-refractivity contribution in [1.82, 2.24) is 15.3 Å². The Kier molecular flexibility index (Phi) is 5.50. The van der Waals surface area contributed by atoms with Gasteiger partial charge in [-0.25, -0.2) is 14.8 Å². The third-order valence-electron chi connectivity index (χ3n) is 3.78. The minimum absolute atomic E-state index is 0.113. The lowest BCUT2D eigenvalue weighted by atomic mass is 9.98. The minimum atomic E-state index is -0.500. The molecule has 0 spiro atoms. The van der Waals surface area contributed by atoms with Gasteiger partial charge in [-0.1, -0.05) is 0 Å². The number of nitrogens with zero attached hydrogens (tertiary/aromatic N) is 3. The molecule has 0 saturated carbocycles. The Morgan fingerprint density at radius 1 is 1.57 bits per heavy atom. The third kappa shape index (κ3) is 4.14. The first-order valence-corrected chi connectivity index (χ1v) is 7.50. The second kappa shape index (κ2) is 7.36. The molecule has 116 valence electrons. The smallest absolute Gasteiger partial charge is 0.376 e. The summed E-state index contributed by atoms with van der Waals surface area (Å²) in [6.45, 7) is 7.35. The van der Waals surface area contributed by atoms with Gasteiger partial charge in [-0.3, -0.25) is 0 Å². The Morgan fingerprint density at radius 3 is 3.00 bits per heavy atom. The van der Waals surface area contributed by atoms with Crippen LogP contribution in [0.15, 0.2) is 12.3 Å². The van der Waals surface area contributed by atoms with Crippen LogP contribution in [0.25, 0.3) is 0 Å². The number of rotatable bonds is 5. The van der Waals surface area contributed by atoms with Crippen molar-refractivity contribution in [3.05, 3.63) is 18.1 Å². The molecule has 0 radical (unpaired) electrons. The van der Waals surface area contributed by atoms with Gasteiger partial charge in [0, 0.05) is 18.8 Å². The van der Waals surface area contributed by atoms with Gasteiger partial charge in [0.1, 0.15) is 5.82 Å². The molecule has 1 fully saturated rings. The van der Waals surface area contributed by atoms with Gasteiger partial charge in [0.15, 0.2) is 0 Å². The first-order valence-electron chi connectivity index (χ1n) is 7.50. The van der Waals surface area contributed by atoms with E-state index in [-0.39, 0.29) is 5.82 Å². The number of methoxy groups -OCH3 is 1. The van der Waals surface area contributed by atoms with Crippen molar-refractivity contribution in [2.24, 2.45) is 5.92 Å². The van der Waals surface area contributed by atoms with Crippen molar-refractivity contribution in [1.29, 1.82) is 0 Å². The van der Waals surface area contributed by atoms with Gasteiger partial charge in [-0.2, -0.15) is 0 Å². The quantitative estimate of drug-likeness (QED) is 0.829. The van der Waals surface area contributed by atoms with Crippen molar-refractivity contribution in [3.8, 4) is 0 Å². The highest BCUT2D eigenvalue weighted by Gasteiger charge is 2.21. The first kappa shape index (κ1) is 15.7. The normalized spacial score (nSPS) is 18.6. The fourth-order valence-corrected chi connectivity index (χ4v) is 2.63. The minimum Gasteiger partial charge on any atom is -0.463 e. The molecule has 1 atom stereocenters. The van der Waals surface area contributed by atoms with E-state index in [4.69, 9.17) is 0 Å². The van der Waals surface area contributed by atoms with Crippen LogP contribution >= 0.6 is 0 Å². The standard InChI is InChI=1S/C15H24N4O2/c1-11(2)19(10-12-5-4-7-16-9-12)13-6-8-17-14(18-13)15(20)21-3/h6,8,11-12,16H,4-5,7,9-10H2,1-3H3. The number of hydrogen-bond acceptors (Lipinski definition) is 6. The fraction of sp³-hybridized carbons (Fsp3) is 0.667. The van der Waals surface area contributed by atoms with E-state index in [9.17, 15) is 4.79 Å². The van der Waals surface area contributed by atoms with Crippen LogP contribution in [0.4, 0.5) is 5.82 Å². The van der Waals surface area contributed by atoms with Gasteiger partial charge in [0.25, 0.3) is 0 Å². The predicted molar refractivity (Wildman–Crippen MR) is 81.4 cm³/mol. The zero-order chi connectivity index (χ0) is 15.2. The van der Waals surface area contributed by atoms with Crippen LogP contribution in [0.5, 0.6) is 0 Å². The van der Waals surface area contributed by atoms with Crippen LogP contribution in [-0.4, -0.2) is 48.7 Å². The number of ether oxygens (including phenoxy) is 1. The highest BCUT2D eigenvalue weighted by Crippen LogP contribution is 2.19. The Balaban J connectivity index is 2.15. The van der Waals surface area contributed by atoms with E-state index in [0.29, 0.717) is 12.0 Å². The molecular formula is C15H24N4O2. The maximum absolute atomic E-state index is 11.6. The fourth-order valence-electron chi connectivity index (χ4n) is 2.63. The second-order valence-corrected chi connectivity index (χ2v) is 5.69.